The monoisotopic (exact) mass is 191 g/mol. The van der Waals surface area contributed by atoms with Gasteiger partial charge in [-0.2, -0.15) is 0 Å². The molecule has 1 heterocycles. The molecule has 4 nitrogen and oxygen atoms in total. The molecule has 0 saturated carbocycles. The van der Waals surface area contributed by atoms with Crippen molar-refractivity contribution in [2.75, 3.05) is 7.11 Å². The molecular weight excluding hydrogens is 182 g/mol. The van der Waals surface area contributed by atoms with Crippen LogP contribution in [-0.4, -0.2) is 17.2 Å². The van der Waals surface area contributed by atoms with E-state index >= 15 is 0 Å². The average Bonchev–Trinajstić information content (AvgIpc) is 2.18. The highest BCUT2D eigenvalue weighted by atomic mass is 16.5. The van der Waals surface area contributed by atoms with Crippen LogP contribution in [0.4, 0.5) is 0 Å². The van der Waals surface area contributed by atoms with E-state index in [4.69, 9.17) is 4.74 Å². The number of hydrogen-bond donors (Lipinski definition) is 2. The first-order chi connectivity index (χ1) is 6.74. The number of methoxy groups -OCH3 is 1. The second-order valence-corrected chi connectivity index (χ2v) is 2.88. The summed E-state index contributed by atoms with van der Waals surface area (Å²) in [5.74, 6) is 0.307. The third-order valence-corrected chi connectivity index (χ3v) is 2.07. The Morgan fingerprint density at radius 1 is 1.36 bits per heavy atom. The number of H-pyrrole nitrogens is 1. The molecule has 4 heteroatoms. The predicted molar refractivity (Wildman–Crippen MR) is 52.8 cm³/mol. The number of benzene rings is 1. The number of phenols is 1. The van der Waals surface area contributed by atoms with Gasteiger partial charge in [-0.1, -0.05) is 0 Å². The first-order valence-corrected chi connectivity index (χ1v) is 4.11. The number of rotatable bonds is 1. The topological polar surface area (TPSA) is 62.3 Å². The minimum atomic E-state index is -0.1000. The summed E-state index contributed by atoms with van der Waals surface area (Å²) in [6.07, 6.45) is 1.52. The summed E-state index contributed by atoms with van der Waals surface area (Å²) in [7, 11) is 1.44. The summed E-state index contributed by atoms with van der Waals surface area (Å²) in [6.45, 7) is 0. The van der Waals surface area contributed by atoms with Crippen molar-refractivity contribution in [2.24, 2.45) is 0 Å². The van der Waals surface area contributed by atoms with E-state index in [0.29, 0.717) is 16.7 Å². The van der Waals surface area contributed by atoms with E-state index < -0.39 is 0 Å². The molecule has 2 aromatic rings. The minimum absolute atomic E-state index is 0.0156. The third-order valence-electron chi connectivity index (χ3n) is 2.07. The number of pyridine rings is 1. The second kappa shape index (κ2) is 3.06. The van der Waals surface area contributed by atoms with E-state index in [-0.39, 0.29) is 11.2 Å². The molecule has 0 aliphatic rings. The van der Waals surface area contributed by atoms with Gasteiger partial charge in [-0.3, -0.25) is 4.79 Å². The summed E-state index contributed by atoms with van der Waals surface area (Å²) in [6, 6.07) is 4.43. The molecule has 2 rings (SSSR count). The Hall–Kier alpha value is -1.97. The normalized spacial score (nSPS) is 10.4. The number of aromatic hydroxyl groups is 1. The van der Waals surface area contributed by atoms with Crippen LogP contribution < -0.4 is 10.2 Å². The van der Waals surface area contributed by atoms with Crippen LogP contribution in [0.1, 0.15) is 0 Å². The first-order valence-electron chi connectivity index (χ1n) is 4.11. The Kier molecular flexibility index (Phi) is 1.89. The summed E-state index contributed by atoms with van der Waals surface area (Å²) in [5.41, 5.74) is 0.414. The van der Waals surface area contributed by atoms with Crippen molar-refractivity contribution in [3.63, 3.8) is 0 Å². The number of aromatic amines is 1. The van der Waals surface area contributed by atoms with Crippen LogP contribution in [-0.2, 0) is 0 Å². The Morgan fingerprint density at radius 2 is 2.14 bits per heavy atom. The summed E-state index contributed by atoms with van der Waals surface area (Å²) >= 11 is 0. The van der Waals surface area contributed by atoms with Crippen molar-refractivity contribution in [1.82, 2.24) is 4.98 Å². The SMILES string of the molecule is COc1c(O)ccc2c(=O)cc[nH]c12. The van der Waals surface area contributed by atoms with Gasteiger partial charge in [0.2, 0.25) is 0 Å². The number of fused-ring (bicyclic) bond motifs is 1. The molecule has 2 N–H and O–H groups in total. The van der Waals surface area contributed by atoms with Crippen LogP contribution in [0.15, 0.2) is 29.2 Å². The quantitative estimate of drug-likeness (QED) is 0.712. The lowest BCUT2D eigenvalue weighted by Crippen LogP contribution is -2.01. The average molecular weight is 191 g/mol. The van der Waals surface area contributed by atoms with E-state index in [2.05, 4.69) is 4.98 Å². The van der Waals surface area contributed by atoms with Crippen LogP contribution in [0, 0.1) is 0 Å². The highest BCUT2D eigenvalue weighted by molar-refractivity contribution is 5.86. The zero-order valence-corrected chi connectivity index (χ0v) is 7.57. The molecule has 0 amide bonds. The fourth-order valence-electron chi connectivity index (χ4n) is 1.42. The standard InChI is InChI=1S/C10H9NO3/c1-14-10-8(13)3-2-6-7(12)4-5-11-9(6)10/h2-5,13H,1H3,(H,11,12). The van der Waals surface area contributed by atoms with Crippen LogP contribution >= 0.6 is 0 Å². The molecule has 1 aromatic heterocycles. The molecule has 0 atom stereocenters. The predicted octanol–water partition coefficient (Wildman–Crippen LogP) is 1.24. The molecule has 0 fully saturated rings. The third kappa shape index (κ3) is 1.12. The lowest BCUT2D eigenvalue weighted by atomic mass is 10.2. The molecule has 72 valence electrons. The highest BCUT2D eigenvalue weighted by Gasteiger charge is 2.08. The Labute approximate surface area is 79.8 Å². The van der Waals surface area contributed by atoms with Gasteiger partial charge in [-0.25, -0.2) is 0 Å². The molecule has 0 unspecified atom stereocenters. The van der Waals surface area contributed by atoms with Crippen LogP contribution in [0.25, 0.3) is 10.9 Å². The molecule has 0 bridgehead atoms. The molecule has 0 spiro atoms. The zero-order chi connectivity index (χ0) is 10.1. The molecule has 14 heavy (non-hydrogen) atoms. The van der Waals surface area contributed by atoms with E-state index in [0.717, 1.165) is 0 Å². The number of hydrogen-bond acceptors (Lipinski definition) is 3. The van der Waals surface area contributed by atoms with Crippen molar-refractivity contribution >= 4 is 10.9 Å². The number of phenolic OH excluding ortho intramolecular Hbond substituents is 1. The van der Waals surface area contributed by atoms with Crippen LogP contribution in [0.2, 0.25) is 0 Å². The lowest BCUT2D eigenvalue weighted by molar-refractivity contribution is 0.377. The minimum Gasteiger partial charge on any atom is -0.504 e. The van der Waals surface area contributed by atoms with Crippen molar-refractivity contribution in [3.05, 3.63) is 34.6 Å². The summed E-state index contributed by atoms with van der Waals surface area (Å²) in [4.78, 5) is 14.3. The van der Waals surface area contributed by atoms with Gasteiger partial charge in [0.25, 0.3) is 0 Å². The van der Waals surface area contributed by atoms with Crippen molar-refractivity contribution in [1.29, 1.82) is 0 Å². The Morgan fingerprint density at radius 3 is 2.86 bits per heavy atom. The zero-order valence-electron chi connectivity index (χ0n) is 7.57. The van der Waals surface area contributed by atoms with Gasteiger partial charge in [0.15, 0.2) is 16.9 Å². The molecule has 0 aliphatic carbocycles. The van der Waals surface area contributed by atoms with Gasteiger partial charge in [-0.15, -0.1) is 0 Å². The molecule has 0 aliphatic heterocycles. The highest BCUT2D eigenvalue weighted by Crippen LogP contribution is 2.31. The first kappa shape index (κ1) is 8.62. The molecule has 0 saturated heterocycles. The lowest BCUT2D eigenvalue weighted by Gasteiger charge is -2.06. The van der Waals surface area contributed by atoms with E-state index in [1.165, 1.54) is 25.4 Å². The molecule has 1 aromatic carbocycles. The summed E-state index contributed by atoms with van der Waals surface area (Å²) < 4.78 is 4.99. The van der Waals surface area contributed by atoms with Crippen molar-refractivity contribution in [3.8, 4) is 11.5 Å². The van der Waals surface area contributed by atoms with Crippen LogP contribution in [0.3, 0.4) is 0 Å². The fourth-order valence-corrected chi connectivity index (χ4v) is 1.42. The number of ether oxygens (including phenoxy) is 1. The molecule has 0 radical (unpaired) electrons. The maximum absolute atomic E-state index is 11.4. The van der Waals surface area contributed by atoms with E-state index in [1.807, 2.05) is 0 Å². The van der Waals surface area contributed by atoms with Crippen molar-refractivity contribution in [2.45, 2.75) is 0 Å². The number of nitrogens with one attached hydrogen (secondary N) is 1. The van der Waals surface area contributed by atoms with Crippen molar-refractivity contribution < 1.29 is 9.84 Å². The van der Waals surface area contributed by atoms with Gasteiger partial charge >= 0.3 is 0 Å². The Balaban J connectivity index is 2.95. The second-order valence-electron chi connectivity index (χ2n) is 2.88. The van der Waals surface area contributed by atoms with Crippen LogP contribution in [0.5, 0.6) is 11.5 Å². The van der Waals surface area contributed by atoms with Gasteiger partial charge in [0.05, 0.1) is 12.6 Å². The smallest absolute Gasteiger partial charge is 0.189 e. The summed E-state index contributed by atoms with van der Waals surface area (Å²) in [5, 5.41) is 9.95. The molecular formula is C10H9NO3. The largest absolute Gasteiger partial charge is 0.504 e. The van der Waals surface area contributed by atoms with Gasteiger partial charge in [0.1, 0.15) is 0 Å². The van der Waals surface area contributed by atoms with Gasteiger partial charge in [0, 0.05) is 17.6 Å². The van der Waals surface area contributed by atoms with Gasteiger partial charge in [-0.05, 0) is 12.1 Å². The van der Waals surface area contributed by atoms with E-state index in [9.17, 15) is 9.90 Å². The van der Waals surface area contributed by atoms with Gasteiger partial charge < -0.3 is 14.8 Å². The number of aromatic nitrogens is 1. The maximum Gasteiger partial charge on any atom is 0.189 e. The Bertz CT molecular complexity index is 530. The van der Waals surface area contributed by atoms with E-state index in [1.54, 1.807) is 6.07 Å². The maximum atomic E-state index is 11.4. The fraction of sp³-hybridized carbons (Fsp3) is 0.100.